The van der Waals surface area contributed by atoms with Gasteiger partial charge in [-0.2, -0.15) is 0 Å². The van der Waals surface area contributed by atoms with Crippen LogP contribution in [0.15, 0.2) is 53.7 Å². The van der Waals surface area contributed by atoms with Gasteiger partial charge in [-0.3, -0.25) is 4.79 Å². The minimum Gasteiger partial charge on any atom is -0.390 e. The lowest BCUT2D eigenvalue weighted by atomic mass is 10.0. The van der Waals surface area contributed by atoms with Crippen LogP contribution in [-0.4, -0.2) is 43.3 Å². The van der Waals surface area contributed by atoms with Crippen LogP contribution in [0.4, 0.5) is 10.1 Å². The van der Waals surface area contributed by atoms with Crippen LogP contribution in [0.2, 0.25) is 0 Å². The van der Waals surface area contributed by atoms with Gasteiger partial charge in [0.1, 0.15) is 5.82 Å². The first kappa shape index (κ1) is 19.4. The Balaban J connectivity index is 1.42. The lowest BCUT2D eigenvalue weighted by Crippen LogP contribution is -2.38. The first-order valence-corrected chi connectivity index (χ1v) is 10.0. The zero-order valence-electron chi connectivity index (χ0n) is 16.8. The average molecular weight is 395 g/mol. The molecule has 0 unspecified atom stereocenters. The van der Waals surface area contributed by atoms with Gasteiger partial charge in [0.05, 0.1) is 12.3 Å². The molecule has 0 radical (unpaired) electrons. The fourth-order valence-corrected chi connectivity index (χ4v) is 3.55. The van der Waals surface area contributed by atoms with Crippen molar-refractivity contribution < 1.29 is 14.0 Å². The number of anilines is 1. The topological polar surface area (TPSA) is 45.1 Å². The molecule has 0 aromatic heterocycles. The predicted octanol–water partition coefficient (Wildman–Crippen LogP) is 3.82. The molecular formula is C23H26FN3O2. The Kier molecular flexibility index (Phi) is 5.51. The van der Waals surface area contributed by atoms with E-state index in [2.05, 4.69) is 5.16 Å². The van der Waals surface area contributed by atoms with Crippen LogP contribution < -0.4 is 4.90 Å². The van der Waals surface area contributed by atoms with Crippen molar-refractivity contribution >= 4 is 17.3 Å². The molecule has 6 heteroatoms. The number of nitrogens with zero attached hydrogens (tertiary/aromatic N) is 3. The van der Waals surface area contributed by atoms with E-state index in [1.54, 1.807) is 23.1 Å². The second-order valence-electron chi connectivity index (χ2n) is 8.00. The Hall–Kier alpha value is -2.89. The van der Waals surface area contributed by atoms with Gasteiger partial charge in [-0.1, -0.05) is 35.5 Å². The summed E-state index contributed by atoms with van der Waals surface area (Å²) in [6.45, 7) is 0.668. The Bertz CT molecular complexity index is 907. The van der Waals surface area contributed by atoms with Gasteiger partial charge in [-0.25, -0.2) is 4.39 Å². The third kappa shape index (κ3) is 4.58. The minimum absolute atomic E-state index is 0.0714. The molecule has 5 nitrogen and oxygen atoms in total. The Morgan fingerprint density at radius 2 is 1.86 bits per heavy atom. The van der Waals surface area contributed by atoms with Crippen LogP contribution in [0.1, 0.15) is 30.4 Å². The summed E-state index contributed by atoms with van der Waals surface area (Å²) in [4.78, 5) is 22.2. The molecule has 29 heavy (non-hydrogen) atoms. The molecule has 0 saturated heterocycles. The molecule has 152 valence electrons. The average Bonchev–Trinajstić information content (AvgIpc) is 3.47. The molecule has 0 bridgehead atoms. The van der Waals surface area contributed by atoms with E-state index in [4.69, 9.17) is 4.84 Å². The minimum atomic E-state index is -0.286. The van der Waals surface area contributed by atoms with Crippen LogP contribution in [0.25, 0.3) is 0 Å². The molecule has 1 aliphatic carbocycles. The Morgan fingerprint density at radius 3 is 2.52 bits per heavy atom. The summed E-state index contributed by atoms with van der Waals surface area (Å²) in [5.41, 5.74) is 3.55. The van der Waals surface area contributed by atoms with Crippen LogP contribution in [0.5, 0.6) is 0 Å². The lowest BCUT2D eigenvalue weighted by molar-refractivity contribution is -0.135. The van der Waals surface area contributed by atoms with E-state index in [1.165, 1.54) is 6.07 Å². The lowest BCUT2D eigenvalue weighted by Gasteiger charge is -2.25. The Morgan fingerprint density at radius 1 is 1.14 bits per heavy atom. The molecule has 1 heterocycles. The second kappa shape index (κ2) is 8.23. The number of oxime groups is 1. The van der Waals surface area contributed by atoms with Crippen molar-refractivity contribution in [3.63, 3.8) is 0 Å². The number of amides is 1. The molecule has 1 fully saturated rings. The SMILES string of the molecule is CN(C)c1ccc(C2=NO[C@H](CN(Cc3ccccc3F)C(=O)C3CC3)C2)cc1. The summed E-state index contributed by atoms with van der Waals surface area (Å²) < 4.78 is 14.1. The normalized spacial score (nSPS) is 18.2. The van der Waals surface area contributed by atoms with Gasteiger partial charge < -0.3 is 14.6 Å². The molecule has 2 aromatic carbocycles. The molecule has 0 spiro atoms. The number of halogens is 1. The van der Waals surface area contributed by atoms with E-state index in [0.29, 0.717) is 18.5 Å². The third-order valence-corrected chi connectivity index (χ3v) is 5.43. The number of carbonyl (C=O) groups is 1. The van der Waals surface area contributed by atoms with Crippen LogP contribution in [-0.2, 0) is 16.2 Å². The van der Waals surface area contributed by atoms with Crippen molar-refractivity contribution in [2.75, 3.05) is 25.5 Å². The van der Waals surface area contributed by atoms with E-state index in [9.17, 15) is 9.18 Å². The summed E-state index contributed by atoms with van der Waals surface area (Å²) in [5, 5.41) is 4.25. The molecule has 1 amide bonds. The van der Waals surface area contributed by atoms with Crippen LogP contribution in [0.3, 0.4) is 0 Å². The van der Waals surface area contributed by atoms with Gasteiger partial charge in [-0.15, -0.1) is 0 Å². The maximum atomic E-state index is 14.1. The van der Waals surface area contributed by atoms with Gasteiger partial charge >= 0.3 is 0 Å². The van der Waals surface area contributed by atoms with Crippen molar-refractivity contribution in [1.82, 2.24) is 4.90 Å². The highest BCUT2D eigenvalue weighted by atomic mass is 19.1. The Labute approximate surface area is 170 Å². The molecule has 4 rings (SSSR count). The van der Waals surface area contributed by atoms with Crippen LogP contribution >= 0.6 is 0 Å². The van der Waals surface area contributed by atoms with Crippen molar-refractivity contribution in [3.8, 4) is 0 Å². The maximum Gasteiger partial charge on any atom is 0.226 e. The van der Waals surface area contributed by atoms with E-state index in [-0.39, 0.29) is 30.3 Å². The first-order chi connectivity index (χ1) is 14.0. The van der Waals surface area contributed by atoms with E-state index in [0.717, 1.165) is 29.8 Å². The van der Waals surface area contributed by atoms with E-state index in [1.807, 2.05) is 43.3 Å². The number of carbonyl (C=O) groups excluding carboxylic acids is 1. The molecule has 1 atom stereocenters. The fraction of sp³-hybridized carbons (Fsp3) is 0.391. The second-order valence-corrected chi connectivity index (χ2v) is 8.00. The molecule has 0 N–H and O–H groups in total. The highest BCUT2D eigenvalue weighted by molar-refractivity contribution is 6.01. The molecule has 1 aliphatic heterocycles. The predicted molar refractivity (Wildman–Crippen MR) is 111 cm³/mol. The van der Waals surface area contributed by atoms with Gasteiger partial charge in [0, 0.05) is 44.2 Å². The summed E-state index contributed by atoms with van der Waals surface area (Å²) in [7, 11) is 4.00. The smallest absolute Gasteiger partial charge is 0.226 e. The zero-order valence-corrected chi connectivity index (χ0v) is 16.8. The highest BCUT2D eigenvalue weighted by Gasteiger charge is 2.36. The first-order valence-electron chi connectivity index (χ1n) is 10.0. The summed E-state index contributed by atoms with van der Waals surface area (Å²) in [6, 6.07) is 14.8. The molecule has 1 saturated carbocycles. The quantitative estimate of drug-likeness (QED) is 0.716. The molecule has 2 aliphatic rings. The summed E-state index contributed by atoms with van der Waals surface area (Å²) in [5.74, 6) is -0.130. The highest BCUT2D eigenvalue weighted by Crippen LogP contribution is 2.32. The van der Waals surface area contributed by atoms with Gasteiger partial charge in [-0.05, 0) is 36.6 Å². The maximum absolute atomic E-state index is 14.1. The van der Waals surface area contributed by atoms with Crippen molar-refractivity contribution in [3.05, 3.63) is 65.5 Å². The standard InChI is InChI=1S/C23H26FN3O2/c1-26(2)19-11-9-16(10-12-19)22-13-20(29-25-22)15-27(23(28)17-7-8-17)14-18-5-3-4-6-21(18)24/h3-6,9-12,17,20H,7-8,13-15H2,1-2H3/t20-/m0/s1. The molecule has 2 aromatic rings. The monoisotopic (exact) mass is 395 g/mol. The number of hydrogen-bond donors (Lipinski definition) is 0. The van der Waals surface area contributed by atoms with Crippen molar-refractivity contribution in [2.45, 2.75) is 31.9 Å². The van der Waals surface area contributed by atoms with Crippen molar-refractivity contribution in [2.24, 2.45) is 11.1 Å². The largest absolute Gasteiger partial charge is 0.390 e. The molecular weight excluding hydrogens is 369 g/mol. The number of hydrogen-bond acceptors (Lipinski definition) is 4. The van der Waals surface area contributed by atoms with E-state index >= 15 is 0 Å². The third-order valence-electron chi connectivity index (χ3n) is 5.43. The van der Waals surface area contributed by atoms with Gasteiger partial charge in [0.25, 0.3) is 0 Å². The van der Waals surface area contributed by atoms with Crippen LogP contribution in [0, 0.1) is 11.7 Å². The fourth-order valence-electron chi connectivity index (χ4n) is 3.55. The zero-order chi connectivity index (χ0) is 20.4. The van der Waals surface area contributed by atoms with Crippen molar-refractivity contribution in [1.29, 1.82) is 0 Å². The number of rotatable bonds is 7. The summed E-state index contributed by atoms with van der Waals surface area (Å²) in [6.07, 6.45) is 2.25. The summed E-state index contributed by atoms with van der Waals surface area (Å²) >= 11 is 0. The van der Waals surface area contributed by atoms with E-state index < -0.39 is 0 Å². The van der Waals surface area contributed by atoms with Gasteiger partial charge in [0.15, 0.2) is 6.10 Å². The number of benzene rings is 2. The van der Waals surface area contributed by atoms with Gasteiger partial charge in [0.2, 0.25) is 5.91 Å².